The maximum absolute atomic E-state index is 14.4. The third-order valence-electron chi connectivity index (χ3n) is 7.06. The summed E-state index contributed by atoms with van der Waals surface area (Å²) in [5.41, 5.74) is 2.60. The number of carbonyl (C=O) groups excluding carboxylic acids is 2. The molecule has 0 radical (unpaired) electrons. The van der Waals surface area contributed by atoms with Crippen LogP contribution in [-0.4, -0.2) is 44.3 Å². The van der Waals surface area contributed by atoms with E-state index in [1.807, 2.05) is 68.4 Å². The molecule has 1 atom stereocenters. The predicted octanol–water partition coefficient (Wildman–Crippen LogP) is 6.15. The fourth-order valence-corrected chi connectivity index (χ4v) is 6.42. The zero-order valence-electron chi connectivity index (χ0n) is 24.6. The Morgan fingerprint density at radius 1 is 0.886 bits per heavy atom. The van der Waals surface area contributed by atoms with Gasteiger partial charge in [-0.3, -0.25) is 13.9 Å². The fraction of sp³-hybridized carbons (Fsp3) is 0.235. The number of rotatable bonds is 13. The maximum atomic E-state index is 14.4. The highest BCUT2D eigenvalue weighted by Crippen LogP contribution is 2.28. The van der Waals surface area contributed by atoms with E-state index in [4.69, 9.17) is 11.6 Å². The molecule has 0 aliphatic heterocycles. The van der Waals surface area contributed by atoms with Gasteiger partial charge in [-0.2, -0.15) is 0 Å². The third-order valence-corrected chi connectivity index (χ3v) is 9.13. The summed E-state index contributed by atoms with van der Waals surface area (Å²) in [6.45, 7) is 3.68. The SMILES string of the molecule is CCCNC(=O)[C@H](Cc1ccccc1)N(Cc1cccc(C)c1)C(=O)CN(c1ccc(F)c(Cl)c1)S(=O)(=O)c1ccccc1. The average Bonchev–Trinajstić information content (AvgIpc) is 3.02. The molecule has 7 nitrogen and oxygen atoms in total. The lowest BCUT2D eigenvalue weighted by Gasteiger charge is -2.34. The molecule has 0 unspecified atom stereocenters. The maximum Gasteiger partial charge on any atom is 0.264 e. The van der Waals surface area contributed by atoms with E-state index >= 15 is 0 Å². The van der Waals surface area contributed by atoms with Gasteiger partial charge < -0.3 is 10.2 Å². The lowest BCUT2D eigenvalue weighted by molar-refractivity contribution is -0.140. The summed E-state index contributed by atoms with van der Waals surface area (Å²) in [5.74, 6) is -1.69. The Morgan fingerprint density at radius 2 is 1.55 bits per heavy atom. The first kappa shape index (κ1) is 32.7. The van der Waals surface area contributed by atoms with Crippen LogP contribution < -0.4 is 9.62 Å². The molecule has 0 aromatic heterocycles. The molecule has 1 N–H and O–H groups in total. The average molecular weight is 636 g/mol. The number of hydrogen-bond donors (Lipinski definition) is 1. The Balaban J connectivity index is 1.81. The van der Waals surface area contributed by atoms with Crippen molar-refractivity contribution in [1.82, 2.24) is 10.2 Å². The summed E-state index contributed by atoms with van der Waals surface area (Å²) < 4.78 is 43.0. The zero-order valence-corrected chi connectivity index (χ0v) is 26.2. The summed E-state index contributed by atoms with van der Waals surface area (Å²) in [6.07, 6.45) is 0.909. The van der Waals surface area contributed by atoms with Gasteiger partial charge in [0.15, 0.2) is 0 Å². The number of amides is 2. The monoisotopic (exact) mass is 635 g/mol. The first-order valence-electron chi connectivity index (χ1n) is 14.3. The standard InChI is InChI=1S/C34H35ClFN3O4S/c1-3-19-37-34(41)32(21-26-12-6-4-7-13-26)38(23-27-14-10-11-25(2)20-27)33(40)24-39(28-17-18-31(36)30(35)22-28)44(42,43)29-15-8-5-9-16-29/h4-18,20,22,32H,3,19,21,23-24H2,1-2H3,(H,37,41)/t32-/m0/s1. The minimum atomic E-state index is -4.31. The van der Waals surface area contributed by atoms with Crippen molar-refractivity contribution < 1.29 is 22.4 Å². The van der Waals surface area contributed by atoms with Crippen LogP contribution in [0, 0.1) is 12.7 Å². The quantitative estimate of drug-likeness (QED) is 0.191. The van der Waals surface area contributed by atoms with Crippen LogP contribution in [-0.2, 0) is 32.6 Å². The molecule has 0 spiro atoms. The first-order chi connectivity index (χ1) is 21.1. The molecule has 0 fully saturated rings. The van der Waals surface area contributed by atoms with Gasteiger partial charge in [0, 0.05) is 19.5 Å². The van der Waals surface area contributed by atoms with E-state index in [-0.39, 0.29) is 34.5 Å². The van der Waals surface area contributed by atoms with E-state index in [0.29, 0.717) is 13.0 Å². The highest BCUT2D eigenvalue weighted by molar-refractivity contribution is 7.92. The summed E-state index contributed by atoms with van der Waals surface area (Å²) >= 11 is 6.06. The van der Waals surface area contributed by atoms with Gasteiger partial charge in [0.1, 0.15) is 18.4 Å². The van der Waals surface area contributed by atoms with E-state index in [2.05, 4.69) is 5.32 Å². The van der Waals surface area contributed by atoms with Crippen molar-refractivity contribution in [3.63, 3.8) is 0 Å². The molecular formula is C34H35ClFN3O4S. The Hall–Kier alpha value is -4.21. The molecule has 44 heavy (non-hydrogen) atoms. The molecular weight excluding hydrogens is 601 g/mol. The van der Waals surface area contributed by atoms with Gasteiger partial charge in [0.2, 0.25) is 11.8 Å². The molecule has 0 saturated heterocycles. The molecule has 0 heterocycles. The highest BCUT2D eigenvalue weighted by Gasteiger charge is 2.34. The van der Waals surface area contributed by atoms with Crippen molar-refractivity contribution in [2.24, 2.45) is 0 Å². The molecule has 4 aromatic rings. The van der Waals surface area contributed by atoms with Gasteiger partial charge in [0.05, 0.1) is 15.6 Å². The largest absolute Gasteiger partial charge is 0.354 e. The third kappa shape index (κ3) is 8.24. The van der Waals surface area contributed by atoms with E-state index < -0.39 is 34.3 Å². The number of carbonyl (C=O) groups is 2. The van der Waals surface area contributed by atoms with Crippen molar-refractivity contribution in [2.75, 3.05) is 17.4 Å². The summed E-state index contributed by atoms with van der Waals surface area (Å²) in [5, 5.41) is 2.63. The molecule has 10 heteroatoms. The van der Waals surface area contributed by atoms with Gasteiger partial charge in [0.25, 0.3) is 10.0 Å². The van der Waals surface area contributed by atoms with Crippen molar-refractivity contribution in [1.29, 1.82) is 0 Å². The van der Waals surface area contributed by atoms with Gasteiger partial charge in [-0.25, -0.2) is 12.8 Å². The smallest absolute Gasteiger partial charge is 0.264 e. The number of hydrogen-bond acceptors (Lipinski definition) is 4. The van der Waals surface area contributed by atoms with Crippen LogP contribution in [0.25, 0.3) is 0 Å². The topological polar surface area (TPSA) is 86.8 Å². The summed E-state index contributed by atoms with van der Waals surface area (Å²) in [6, 6.07) is 27.1. The molecule has 230 valence electrons. The number of anilines is 1. The molecule has 0 aliphatic rings. The van der Waals surface area contributed by atoms with Crippen LogP contribution in [0.3, 0.4) is 0 Å². The van der Waals surface area contributed by atoms with E-state index in [9.17, 15) is 22.4 Å². The number of nitrogens with zero attached hydrogens (tertiary/aromatic N) is 2. The number of halogens is 2. The van der Waals surface area contributed by atoms with Crippen molar-refractivity contribution >= 4 is 39.1 Å². The second-order valence-electron chi connectivity index (χ2n) is 10.4. The van der Waals surface area contributed by atoms with Crippen LogP contribution in [0.15, 0.2) is 108 Å². The van der Waals surface area contributed by atoms with E-state index in [1.165, 1.54) is 29.2 Å². The molecule has 4 aromatic carbocycles. The van der Waals surface area contributed by atoms with Crippen LogP contribution in [0.1, 0.15) is 30.0 Å². The van der Waals surface area contributed by atoms with Crippen molar-refractivity contribution in [3.05, 3.63) is 131 Å². The van der Waals surface area contributed by atoms with Crippen LogP contribution in [0.4, 0.5) is 10.1 Å². The van der Waals surface area contributed by atoms with Crippen LogP contribution >= 0.6 is 11.6 Å². The highest BCUT2D eigenvalue weighted by atomic mass is 35.5. The number of aryl methyl sites for hydroxylation is 1. The number of sulfonamides is 1. The van der Waals surface area contributed by atoms with Gasteiger partial charge in [-0.05, 0) is 54.8 Å². The first-order valence-corrected chi connectivity index (χ1v) is 16.1. The Bertz CT molecular complexity index is 1690. The molecule has 0 bridgehead atoms. The second-order valence-corrected chi connectivity index (χ2v) is 12.7. The Labute approximate surface area is 263 Å². The molecule has 4 rings (SSSR count). The molecule has 0 aliphatic carbocycles. The minimum Gasteiger partial charge on any atom is -0.354 e. The van der Waals surface area contributed by atoms with Crippen molar-refractivity contribution in [2.45, 2.75) is 44.2 Å². The van der Waals surface area contributed by atoms with Crippen molar-refractivity contribution in [3.8, 4) is 0 Å². The van der Waals surface area contributed by atoms with E-state index in [0.717, 1.165) is 27.1 Å². The minimum absolute atomic E-state index is 0.0131. The molecule has 0 saturated carbocycles. The molecule has 2 amide bonds. The van der Waals surface area contributed by atoms with E-state index in [1.54, 1.807) is 18.2 Å². The summed E-state index contributed by atoms with van der Waals surface area (Å²) in [7, 11) is -4.31. The predicted molar refractivity (Wildman–Crippen MR) is 171 cm³/mol. The number of nitrogens with one attached hydrogen (secondary N) is 1. The number of benzene rings is 4. The lowest BCUT2D eigenvalue weighted by atomic mass is 10.0. The van der Waals surface area contributed by atoms with Gasteiger partial charge in [-0.1, -0.05) is 96.9 Å². The summed E-state index contributed by atoms with van der Waals surface area (Å²) in [4.78, 5) is 29.4. The second kappa shape index (κ2) is 15.0. The zero-order chi connectivity index (χ0) is 31.7. The van der Waals surface area contributed by atoms with Crippen LogP contribution in [0.2, 0.25) is 5.02 Å². The Morgan fingerprint density at radius 3 is 2.18 bits per heavy atom. The Kier molecular flexibility index (Phi) is 11.1. The van der Waals surface area contributed by atoms with Gasteiger partial charge in [-0.15, -0.1) is 0 Å². The fourth-order valence-electron chi connectivity index (χ4n) is 4.82. The normalized spacial score (nSPS) is 11.9. The van der Waals surface area contributed by atoms with Crippen LogP contribution in [0.5, 0.6) is 0 Å². The lowest BCUT2D eigenvalue weighted by Crippen LogP contribution is -2.53. The van der Waals surface area contributed by atoms with Gasteiger partial charge >= 0.3 is 0 Å².